The SMILES string of the molecule is CS(=O)(=O)N(CC(=O)Nc1cccc(F)c1)c1cccc(Br)c1. The number of rotatable bonds is 5. The average Bonchev–Trinajstić information content (AvgIpc) is 2.43. The molecule has 1 N–H and O–H groups in total. The zero-order valence-electron chi connectivity index (χ0n) is 12.2. The fraction of sp³-hybridized carbons (Fsp3) is 0.133. The largest absolute Gasteiger partial charge is 0.324 e. The number of carbonyl (C=O) groups is 1. The van der Waals surface area contributed by atoms with Gasteiger partial charge < -0.3 is 5.32 Å². The smallest absolute Gasteiger partial charge is 0.245 e. The Morgan fingerprint density at radius 3 is 2.52 bits per heavy atom. The van der Waals surface area contributed by atoms with Gasteiger partial charge in [-0.2, -0.15) is 0 Å². The molecule has 0 radical (unpaired) electrons. The Balaban J connectivity index is 2.20. The zero-order valence-corrected chi connectivity index (χ0v) is 14.6. The van der Waals surface area contributed by atoms with Crippen LogP contribution in [0.3, 0.4) is 0 Å². The molecule has 0 saturated heterocycles. The lowest BCUT2D eigenvalue weighted by atomic mass is 10.3. The molecule has 0 fully saturated rings. The molecule has 2 aromatic carbocycles. The third kappa shape index (κ3) is 5.04. The van der Waals surface area contributed by atoms with Gasteiger partial charge in [0.2, 0.25) is 15.9 Å². The van der Waals surface area contributed by atoms with E-state index in [9.17, 15) is 17.6 Å². The van der Waals surface area contributed by atoms with Gasteiger partial charge >= 0.3 is 0 Å². The van der Waals surface area contributed by atoms with Crippen molar-refractivity contribution in [1.82, 2.24) is 0 Å². The van der Waals surface area contributed by atoms with E-state index in [1.54, 1.807) is 24.3 Å². The molecule has 0 saturated carbocycles. The Labute approximate surface area is 142 Å². The number of amides is 1. The number of carbonyl (C=O) groups excluding carboxylic acids is 1. The summed E-state index contributed by atoms with van der Waals surface area (Å²) in [5, 5.41) is 2.47. The maximum atomic E-state index is 13.1. The summed E-state index contributed by atoms with van der Waals surface area (Å²) in [4.78, 5) is 12.1. The second kappa shape index (κ2) is 7.10. The molecule has 23 heavy (non-hydrogen) atoms. The highest BCUT2D eigenvalue weighted by molar-refractivity contribution is 9.10. The summed E-state index contributed by atoms with van der Waals surface area (Å²) in [6, 6.07) is 12.0. The minimum atomic E-state index is -3.65. The molecular weight excluding hydrogens is 387 g/mol. The molecule has 0 aliphatic carbocycles. The minimum absolute atomic E-state index is 0.262. The maximum absolute atomic E-state index is 13.1. The standard InChI is InChI=1S/C15H14BrFN2O3S/c1-23(21,22)19(14-7-2-4-11(16)8-14)10-15(20)18-13-6-3-5-12(17)9-13/h2-9H,10H2,1H3,(H,18,20). The van der Waals surface area contributed by atoms with Gasteiger partial charge in [0.15, 0.2) is 0 Å². The molecule has 8 heteroatoms. The van der Waals surface area contributed by atoms with Crippen LogP contribution in [0.2, 0.25) is 0 Å². The van der Waals surface area contributed by atoms with Gasteiger partial charge in [0.25, 0.3) is 0 Å². The molecule has 0 bridgehead atoms. The lowest BCUT2D eigenvalue weighted by Crippen LogP contribution is -2.37. The summed E-state index contributed by atoms with van der Waals surface area (Å²) in [7, 11) is -3.65. The first-order chi connectivity index (χ1) is 10.8. The molecule has 2 rings (SSSR count). The number of nitrogens with one attached hydrogen (secondary N) is 1. The Morgan fingerprint density at radius 1 is 1.22 bits per heavy atom. The Morgan fingerprint density at radius 2 is 1.91 bits per heavy atom. The van der Waals surface area contributed by atoms with Gasteiger partial charge in [-0.05, 0) is 36.4 Å². The number of benzene rings is 2. The molecule has 0 aliphatic heterocycles. The number of hydrogen-bond donors (Lipinski definition) is 1. The zero-order chi connectivity index (χ0) is 17.0. The highest BCUT2D eigenvalue weighted by atomic mass is 79.9. The van der Waals surface area contributed by atoms with Crippen molar-refractivity contribution in [2.75, 3.05) is 22.4 Å². The maximum Gasteiger partial charge on any atom is 0.245 e. The van der Waals surface area contributed by atoms with Gasteiger partial charge in [-0.3, -0.25) is 9.10 Å². The summed E-state index contributed by atoms with van der Waals surface area (Å²) in [5.74, 6) is -1.06. The third-order valence-corrected chi connectivity index (χ3v) is 4.53. The minimum Gasteiger partial charge on any atom is -0.324 e. The predicted octanol–water partition coefficient (Wildman–Crippen LogP) is 2.99. The van der Waals surface area contributed by atoms with E-state index in [-0.39, 0.29) is 5.69 Å². The van der Waals surface area contributed by atoms with Gasteiger partial charge in [-0.25, -0.2) is 12.8 Å². The van der Waals surface area contributed by atoms with Gasteiger partial charge in [0, 0.05) is 10.2 Å². The molecule has 1 amide bonds. The molecular formula is C15H14BrFN2O3S. The van der Waals surface area contributed by atoms with Crippen molar-refractivity contribution in [3.63, 3.8) is 0 Å². The molecule has 0 atom stereocenters. The van der Waals surface area contributed by atoms with Crippen molar-refractivity contribution in [1.29, 1.82) is 0 Å². The van der Waals surface area contributed by atoms with E-state index in [1.807, 2.05) is 0 Å². The van der Waals surface area contributed by atoms with Crippen molar-refractivity contribution in [2.45, 2.75) is 0 Å². The predicted molar refractivity (Wildman–Crippen MR) is 91.4 cm³/mol. The second-order valence-electron chi connectivity index (χ2n) is 4.81. The van der Waals surface area contributed by atoms with E-state index in [0.29, 0.717) is 10.2 Å². The van der Waals surface area contributed by atoms with Crippen LogP contribution in [0, 0.1) is 5.82 Å². The summed E-state index contributed by atoms with van der Waals surface area (Å²) < 4.78 is 38.7. The highest BCUT2D eigenvalue weighted by Gasteiger charge is 2.21. The Bertz CT molecular complexity index is 827. The quantitative estimate of drug-likeness (QED) is 0.838. The summed E-state index contributed by atoms with van der Waals surface area (Å²) in [5.41, 5.74) is 0.619. The van der Waals surface area contributed by atoms with E-state index in [1.165, 1.54) is 18.2 Å². The first-order valence-corrected chi connectivity index (χ1v) is 9.18. The van der Waals surface area contributed by atoms with Gasteiger partial charge in [0.1, 0.15) is 12.4 Å². The number of sulfonamides is 1. The summed E-state index contributed by atoms with van der Waals surface area (Å²) >= 11 is 3.26. The van der Waals surface area contributed by atoms with Crippen molar-refractivity contribution in [3.05, 3.63) is 58.8 Å². The van der Waals surface area contributed by atoms with Crippen LogP contribution in [-0.4, -0.2) is 27.1 Å². The number of anilines is 2. The number of halogens is 2. The molecule has 5 nitrogen and oxygen atoms in total. The molecule has 0 aromatic heterocycles. The number of hydrogen-bond acceptors (Lipinski definition) is 3. The monoisotopic (exact) mass is 400 g/mol. The highest BCUT2D eigenvalue weighted by Crippen LogP contribution is 2.22. The lowest BCUT2D eigenvalue weighted by molar-refractivity contribution is -0.114. The van der Waals surface area contributed by atoms with E-state index in [0.717, 1.165) is 16.6 Å². The van der Waals surface area contributed by atoms with Crippen LogP contribution in [-0.2, 0) is 14.8 Å². The van der Waals surface area contributed by atoms with Crippen LogP contribution in [0.5, 0.6) is 0 Å². The van der Waals surface area contributed by atoms with Crippen LogP contribution >= 0.6 is 15.9 Å². The molecule has 122 valence electrons. The second-order valence-corrected chi connectivity index (χ2v) is 7.63. The van der Waals surface area contributed by atoms with Crippen LogP contribution in [0.1, 0.15) is 0 Å². The average molecular weight is 401 g/mol. The molecule has 0 unspecified atom stereocenters. The van der Waals surface area contributed by atoms with E-state index >= 15 is 0 Å². The van der Waals surface area contributed by atoms with Crippen LogP contribution < -0.4 is 9.62 Å². The topological polar surface area (TPSA) is 66.5 Å². The fourth-order valence-corrected chi connectivity index (χ4v) is 3.16. The summed E-state index contributed by atoms with van der Waals surface area (Å²) in [6.07, 6.45) is 1.02. The van der Waals surface area contributed by atoms with E-state index in [4.69, 9.17) is 0 Å². The first-order valence-electron chi connectivity index (χ1n) is 6.54. The molecule has 2 aromatic rings. The van der Waals surface area contributed by atoms with Gasteiger partial charge in [-0.15, -0.1) is 0 Å². The molecule has 0 heterocycles. The van der Waals surface area contributed by atoms with Crippen LogP contribution in [0.4, 0.5) is 15.8 Å². The normalized spacial score (nSPS) is 11.1. The summed E-state index contributed by atoms with van der Waals surface area (Å²) in [6.45, 7) is -0.411. The lowest BCUT2D eigenvalue weighted by Gasteiger charge is -2.22. The van der Waals surface area contributed by atoms with E-state index < -0.39 is 28.3 Å². The Hall–Kier alpha value is -1.93. The van der Waals surface area contributed by atoms with Gasteiger partial charge in [0.05, 0.1) is 11.9 Å². The van der Waals surface area contributed by atoms with Gasteiger partial charge in [-0.1, -0.05) is 28.1 Å². The van der Waals surface area contributed by atoms with Crippen molar-refractivity contribution in [3.8, 4) is 0 Å². The van der Waals surface area contributed by atoms with Crippen molar-refractivity contribution >= 4 is 43.2 Å². The first kappa shape index (κ1) is 17.4. The molecule has 0 spiro atoms. The van der Waals surface area contributed by atoms with Crippen molar-refractivity contribution < 1.29 is 17.6 Å². The number of nitrogens with zero attached hydrogens (tertiary/aromatic N) is 1. The van der Waals surface area contributed by atoms with Crippen LogP contribution in [0.25, 0.3) is 0 Å². The third-order valence-electron chi connectivity index (χ3n) is 2.89. The molecule has 0 aliphatic rings. The van der Waals surface area contributed by atoms with E-state index in [2.05, 4.69) is 21.2 Å². The van der Waals surface area contributed by atoms with Crippen LogP contribution in [0.15, 0.2) is 53.0 Å². The Kier molecular flexibility index (Phi) is 5.38. The fourth-order valence-electron chi connectivity index (χ4n) is 1.93. The van der Waals surface area contributed by atoms with Crippen molar-refractivity contribution in [2.24, 2.45) is 0 Å².